The van der Waals surface area contributed by atoms with Crippen LogP contribution in [0.1, 0.15) is 73.6 Å². The summed E-state index contributed by atoms with van der Waals surface area (Å²) < 4.78 is 0. The number of nitrogens with two attached hydrogens (primary N) is 1. The van der Waals surface area contributed by atoms with Crippen molar-refractivity contribution in [2.24, 2.45) is 11.7 Å². The molecule has 10 heteroatoms. The maximum Gasteiger partial charge on any atom is 0.312 e. The van der Waals surface area contributed by atoms with Crippen molar-refractivity contribution >= 4 is 23.8 Å². The number of carbonyl (C=O) groups excluding carboxylic acids is 4. The molecule has 0 spiro atoms. The fraction of sp³-hybridized carbons (Fsp3) is 0.818. The SMILES string of the molecule is CC(C)NCCCCC(=O)N[C@H](C(=O)N[C@@H](CCCNC(N)=O)C(=O)NC(C)C)C(C)C. The fourth-order valence-electron chi connectivity index (χ4n) is 3.02. The number of urea groups is 1. The summed E-state index contributed by atoms with van der Waals surface area (Å²) in [6, 6.07) is -1.84. The van der Waals surface area contributed by atoms with E-state index >= 15 is 0 Å². The van der Waals surface area contributed by atoms with E-state index in [0.717, 1.165) is 19.4 Å². The van der Waals surface area contributed by atoms with Gasteiger partial charge in [0.1, 0.15) is 12.1 Å². The zero-order valence-electron chi connectivity index (χ0n) is 20.5. The minimum Gasteiger partial charge on any atom is -0.352 e. The first kappa shape index (κ1) is 29.6. The lowest BCUT2D eigenvalue weighted by molar-refractivity contribution is -0.133. The van der Waals surface area contributed by atoms with Gasteiger partial charge in [-0.1, -0.05) is 27.7 Å². The van der Waals surface area contributed by atoms with Crippen LogP contribution < -0.4 is 32.3 Å². The van der Waals surface area contributed by atoms with Gasteiger partial charge in [0.25, 0.3) is 0 Å². The molecule has 0 aromatic heterocycles. The molecule has 0 unspecified atom stereocenters. The normalized spacial score (nSPS) is 13.0. The molecule has 0 radical (unpaired) electrons. The highest BCUT2D eigenvalue weighted by atomic mass is 16.2. The average Bonchev–Trinajstić information content (AvgIpc) is 2.66. The molecule has 0 aliphatic heterocycles. The largest absolute Gasteiger partial charge is 0.352 e. The summed E-state index contributed by atoms with van der Waals surface area (Å²) >= 11 is 0. The molecule has 0 aromatic carbocycles. The van der Waals surface area contributed by atoms with E-state index in [4.69, 9.17) is 5.73 Å². The first-order chi connectivity index (χ1) is 14.9. The highest BCUT2D eigenvalue weighted by Crippen LogP contribution is 2.06. The van der Waals surface area contributed by atoms with Crippen molar-refractivity contribution in [1.82, 2.24) is 26.6 Å². The maximum atomic E-state index is 12.9. The second-order valence-corrected chi connectivity index (χ2v) is 9.01. The Kier molecular flexibility index (Phi) is 15.1. The highest BCUT2D eigenvalue weighted by molar-refractivity contribution is 5.92. The second kappa shape index (κ2) is 16.3. The molecule has 0 aliphatic rings. The van der Waals surface area contributed by atoms with Gasteiger partial charge in [-0.3, -0.25) is 14.4 Å². The van der Waals surface area contributed by atoms with Crippen LogP contribution in [0.25, 0.3) is 0 Å². The maximum absolute atomic E-state index is 12.9. The van der Waals surface area contributed by atoms with E-state index in [1.165, 1.54) is 0 Å². The third-order valence-electron chi connectivity index (χ3n) is 4.68. The fourth-order valence-corrected chi connectivity index (χ4v) is 3.02. The van der Waals surface area contributed by atoms with Crippen molar-refractivity contribution in [2.45, 2.75) is 97.8 Å². The van der Waals surface area contributed by atoms with E-state index in [2.05, 4.69) is 40.4 Å². The van der Waals surface area contributed by atoms with E-state index in [1.54, 1.807) is 0 Å². The van der Waals surface area contributed by atoms with Gasteiger partial charge in [0.15, 0.2) is 0 Å². The Morgan fingerprint density at radius 3 is 1.94 bits per heavy atom. The molecule has 10 nitrogen and oxygen atoms in total. The first-order valence-corrected chi connectivity index (χ1v) is 11.6. The minimum atomic E-state index is -0.778. The van der Waals surface area contributed by atoms with Crippen LogP contribution in [0, 0.1) is 5.92 Å². The Morgan fingerprint density at radius 2 is 1.41 bits per heavy atom. The molecule has 0 fully saturated rings. The molecular formula is C22H44N6O4. The molecule has 186 valence electrons. The van der Waals surface area contributed by atoms with Gasteiger partial charge in [-0.2, -0.15) is 0 Å². The first-order valence-electron chi connectivity index (χ1n) is 11.6. The molecule has 0 saturated carbocycles. The predicted molar refractivity (Wildman–Crippen MR) is 126 cm³/mol. The number of carbonyl (C=O) groups is 4. The van der Waals surface area contributed by atoms with E-state index in [1.807, 2.05) is 27.7 Å². The molecular weight excluding hydrogens is 412 g/mol. The van der Waals surface area contributed by atoms with Crippen molar-refractivity contribution in [1.29, 1.82) is 0 Å². The van der Waals surface area contributed by atoms with Crippen molar-refractivity contribution in [3.05, 3.63) is 0 Å². The number of rotatable bonds is 16. The predicted octanol–water partition coefficient (Wildman–Crippen LogP) is 0.753. The zero-order valence-corrected chi connectivity index (χ0v) is 20.5. The number of hydrogen-bond acceptors (Lipinski definition) is 5. The molecule has 0 rings (SSSR count). The molecule has 5 amide bonds. The van der Waals surface area contributed by atoms with Crippen LogP contribution in [-0.4, -0.2) is 61.0 Å². The molecule has 0 saturated heterocycles. The Labute approximate surface area is 192 Å². The van der Waals surface area contributed by atoms with Crippen LogP contribution in [-0.2, 0) is 14.4 Å². The van der Waals surface area contributed by atoms with Crippen LogP contribution in [0.4, 0.5) is 4.79 Å². The van der Waals surface area contributed by atoms with Crippen molar-refractivity contribution in [3.63, 3.8) is 0 Å². The van der Waals surface area contributed by atoms with E-state index in [9.17, 15) is 19.2 Å². The van der Waals surface area contributed by atoms with Crippen LogP contribution in [0.2, 0.25) is 0 Å². The smallest absolute Gasteiger partial charge is 0.312 e. The number of amides is 5. The minimum absolute atomic E-state index is 0.0866. The van der Waals surface area contributed by atoms with Gasteiger partial charge in [-0.15, -0.1) is 0 Å². The summed E-state index contributed by atoms with van der Waals surface area (Å²) in [5, 5.41) is 14.1. The average molecular weight is 457 g/mol. The summed E-state index contributed by atoms with van der Waals surface area (Å²) in [5.41, 5.74) is 5.06. The van der Waals surface area contributed by atoms with Gasteiger partial charge < -0.3 is 32.3 Å². The summed E-state index contributed by atoms with van der Waals surface area (Å²) in [4.78, 5) is 48.6. The molecule has 0 aromatic rings. The van der Waals surface area contributed by atoms with Gasteiger partial charge in [-0.05, 0) is 52.0 Å². The number of unbranched alkanes of at least 4 members (excludes halogenated alkanes) is 1. The van der Waals surface area contributed by atoms with Crippen molar-refractivity contribution < 1.29 is 19.2 Å². The quantitative estimate of drug-likeness (QED) is 0.189. The molecule has 32 heavy (non-hydrogen) atoms. The Bertz CT molecular complexity index is 595. The molecule has 0 bridgehead atoms. The van der Waals surface area contributed by atoms with E-state index in [0.29, 0.717) is 31.8 Å². The second-order valence-electron chi connectivity index (χ2n) is 9.01. The molecule has 2 atom stereocenters. The molecule has 0 heterocycles. The lowest BCUT2D eigenvalue weighted by atomic mass is 10.0. The summed E-state index contributed by atoms with van der Waals surface area (Å²) in [6.45, 7) is 12.6. The standard InChI is InChI=1S/C22H44N6O4/c1-14(2)19(28-18(29)11-7-8-12-24-15(3)4)21(31)27-17(20(30)26-16(5)6)10-9-13-25-22(23)32/h14-17,19,24H,7-13H2,1-6H3,(H,26,30)(H,27,31)(H,28,29)(H3,23,25,32)/t17-,19-/m0/s1. The number of hydrogen-bond donors (Lipinski definition) is 6. The van der Waals surface area contributed by atoms with Crippen LogP contribution in [0.3, 0.4) is 0 Å². The summed E-state index contributed by atoms with van der Waals surface area (Å²) in [5.74, 6) is -1.04. The van der Waals surface area contributed by atoms with Gasteiger partial charge >= 0.3 is 6.03 Å². The van der Waals surface area contributed by atoms with Gasteiger partial charge in [0.2, 0.25) is 17.7 Å². The van der Waals surface area contributed by atoms with Gasteiger partial charge in [-0.25, -0.2) is 4.79 Å². The Morgan fingerprint density at radius 1 is 0.750 bits per heavy atom. The lowest BCUT2D eigenvalue weighted by Gasteiger charge is -2.26. The van der Waals surface area contributed by atoms with E-state index < -0.39 is 24.0 Å². The van der Waals surface area contributed by atoms with E-state index in [-0.39, 0.29) is 23.8 Å². The van der Waals surface area contributed by atoms with Crippen LogP contribution in [0.5, 0.6) is 0 Å². The highest BCUT2D eigenvalue weighted by Gasteiger charge is 2.28. The zero-order chi connectivity index (χ0) is 24.7. The van der Waals surface area contributed by atoms with Gasteiger partial charge in [0.05, 0.1) is 0 Å². The van der Waals surface area contributed by atoms with Crippen molar-refractivity contribution in [2.75, 3.05) is 13.1 Å². The third-order valence-corrected chi connectivity index (χ3v) is 4.68. The Balaban J connectivity index is 4.86. The molecule has 7 N–H and O–H groups in total. The lowest BCUT2D eigenvalue weighted by Crippen LogP contribution is -2.56. The number of primary amides is 1. The third kappa shape index (κ3) is 14.6. The van der Waals surface area contributed by atoms with Crippen LogP contribution in [0.15, 0.2) is 0 Å². The topological polar surface area (TPSA) is 154 Å². The Hall–Kier alpha value is -2.36. The van der Waals surface area contributed by atoms with Crippen LogP contribution >= 0.6 is 0 Å². The summed E-state index contributed by atoms with van der Waals surface area (Å²) in [6.07, 6.45) is 2.73. The van der Waals surface area contributed by atoms with Crippen molar-refractivity contribution in [3.8, 4) is 0 Å². The summed E-state index contributed by atoms with van der Waals surface area (Å²) in [7, 11) is 0. The number of nitrogens with one attached hydrogen (secondary N) is 5. The van der Waals surface area contributed by atoms with Gasteiger partial charge in [0, 0.05) is 25.0 Å². The monoisotopic (exact) mass is 456 g/mol. The molecule has 0 aliphatic carbocycles.